The van der Waals surface area contributed by atoms with Crippen LogP contribution in [0.1, 0.15) is 11.1 Å². The number of hydrogen-bond acceptors (Lipinski definition) is 16. The molecule has 0 unspecified atom stereocenters. The minimum absolute atomic E-state index is 0.438. The van der Waals surface area contributed by atoms with Crippen LogP contribution >= 0.6 is 0 Å². The third-order valence-corrected chi connectivity index (χ3v) is 17.8. The second-order valence-corrected chi connectivity index (χ2v) is 23.7. The summed E-state index contributed by atoms with van der Waals surface area (Å²) in [6.45, 7) is 0. The zero-order valence-electron chi connectivity index (χ0n) is 51.2. The Kier molecular flexibility index (Phi) is 12.1. The molecule has 4 aliphatic rings. The second kappa shape index (κ2) is 21.7. The van der Waals surface area contributed by atoms with Gasteiger partial charge in [-0.3, -0.25) is 0 Å². The van der Waals surface area contributed by atoms with Crippen molar-refractivity contribution >= 4 is 101 Å². The number of nitrogens with one attached hydrogen (secondary N) is 4. The Hall–Kier alpha value is -14.1. The van der Waals surface area contributed by atoms with Crippen molar-refractivity contribution in [3.63, 3.8) is 0 Å². The van der Waals surface area contributed by atoms with Crippen molar-refractivity contribution in [1.29, 1.82) is 0 Å². The van der Waals surface area contributed by atoms with E-state index in [9.17, 15) is 0 Å². The lowest BCUT2D eigenvalue weighted by Crippen LogP contribution is -1.92. The van der Waals surface area contributed by atoms with Crippen molar-refractivity contribution in [2.24, 2.45) is 10.2 Å². The van der Waals surface area contributed by atoms with Crippen LogP contribution in [0, 0.1) is 0 Å². The number of ether oxygens (including phenoxy) is 2. The lowest BCUT2D eigenvalue weighted by Gasteiger charge is -2.10. The molecule has 10 heterocycles. The van der Waals surface area contributed by atoms with Crippen molar-refractivity contribution in [3.8, 4) is 114 Å². The van der Waals surface area contributed by atoms with Crippen LogP contribution in [0.25, 0.3) is 179 Å². The van der Waals surface area contributed by atoms with Gasteiger partial charge in [0.1, 0.15) is 68.2 Å². The zero-order chi connectivity index (χ0) is 64.4. The quantitative estimate of drug-likeness (QED) is 0.0855. The number of hydrogen-bond donors (Lipinski definition) is 4. The van der Waals surface area contributed by atoms with E-state index in [1.807, 2.05) is 231 Å². The van der Waals surface area contributed by atoms with E-state index in [-0.39, 0.29) is 0 Å². The normalized spacial score (nSPS) is 12.2. The van der Waals surface area contributed by atoms with Crippen LogP contribution in [0.4, 0.5) is 0 Å². The molecule has 0 saturated heterocycles. The maximum absolute atomic E-state index is 6.72. The molecule has 4 aliphatic heterocycles. The molecule has 6 aromatic heterocycles. The first kappa shape index (κ1) is 54.4. The van der Waals surface area contributed by atoms with Crippen molar-refractivity contribution in [1.82, 2.24) is 79.7 Å². The molecule has 458 valence electrons. The van der Waals surface area contributed by atoms with Crippen LogP contribution in [-0.2, 0) is 0 Å². The van der Waals surface area contributed by atoms with Crippen molar-refractivity contribution in [2.45, 2.75) is 0 Å². The fraction of sp³-hybridized carbons (Fsp3) is 0. The lowest BCUT2D eigenvalue weighted by molar-refractivity contribution is 0.482. The maximum Gasteiger partial charge on any atom is 0.164 e. The smallest absolute Gasteiger partial charge is 0.164 e. The summed E-state index contributed by atoms with van der Waals surface area (Å²) in [5.74, 6) is 6.16. The van der Waals surface area contributed by atoms with Gasteiger partial charge in [-0.25, -0.2) is 59.8 Å². The molecule has 20 rings (SSSR count). The number of rotatable bonds is 7. The highest BCUT2D eigenvalue weighted by Crippen LogP contribution is 2.43. The Bertz CT molecular complexity index is 6160. The molecule has 0 atom stereocenters. The number of para-hydroxylation sites is 2. The number of aromatic nitrogens is 16. The molecule has 20 nitrogen and oxygen atoms in total. The van der Waals surface area contributed by atoms with Gasteiger partial charge in [-0.15, -0.1) is 0 Å². The summed E-state index contributed by atoms with van der Waals surface area (Å²) in [5.41, 5.74) is 12.7. The van der Waals surface area contributed by atoms with Gasteiger partial charge < -0.3 is 29.4 Å². The minimum Gasteiger partial charge on any atom is -0.457 e. The predicted molar refractivity (Wildman–Crippen MR) is 380 cm³/mol. The van der Waals surface area contributed by atoms with Gasteiger partial charge in [0.15, 0.2) is 46.6 Å². The number of H-pyrrole nitrogens is 4. The number of fused-ring (bicyclic) bond motifs is 40. The molecule has 10 aromatic carbocycles. The van der Waals surface area contributed by atoms with Crippen molar-refractivity contribution in [3.05, 3.63) is 242 Å². The standard InChI is InChI=1S/C78H44N18O2/c1-15-31-61(97-43-33-35-57-59(37-43)77-93-73-55-29-13-11-27-53(55)69(89-73)85-65-47-21-5-3-19-45(47)63(81-65)83-67-49-23-7-9-25-51(49)71(87-67)91-75(57)95-77)41(17-1)39-79-80-40-42-18-2-16-32-62(42)98-44-34-36-58-60(38-44)78-94-74-56-30-14-12-28-54(56)70(90-74)86-66-48-22-6-4-20-46(48)64(82-66)84-68-50-24-8-10-26-52(50)72(88-68)92-76(58)96-78/h1-40H,(H2,81,83,85,87,89,91,93,95)(H2,82,84,86,88,90,92,94,96)/b79-39+,80-40+. The van der Waals surface area contributed by atoms with Gasteiger partial charge in [0.25, 0.3) is 0 Å². The topological polar surface area (TPSA) is 261 Å². The Morgan fingerprint density at radius 3 is 0.724 bits per heavy atom. The summed E-state index contributed by atoms with van der Waals surface area (Å²) in [7, 11) is 0. The van der Waals surface area contributed by atoms with Crippen molar-refractivity contribution in [2.75, 3.05) is 0 Å². The van der Waals surface area contributed by atoms with Gasteiger partial charge in [0, 0.05) is 98.7 Å². The largest absolute Gasteiger partial charge is 0.457 e. The fourth-order valence-corrected chi connectivity index (χ4v) is 13.2. The summed E-state index contributed by atoms with van der Waals surface area (Å²) in [4.78, 5) is 75.8. The number of aromatic amines is 4. The fourth-order valence-electron chi connectivity index (χ4n) is 13.2. The van der Waals surface area contributed by atoms with E-state index in [0.29, 0.717) is 126 Å². The molecule has 0 saturated carbocycles. The monoisotopic (exact) mass is 1260 g/mol. The highest BCUT2D eigenvalue weighted by Gasteiger charge is 2.26. The van der Waals surface area contributed by atoms with Gasteiger partial charge in [-0.05, 0) is 60.7 Å². The Balaban J connectivity index is 0.627. The summed E-state index contributed by atoms with van der Waals surface area (Å²) in [6, 6.07) is 74.9. The zero-order valence-corrected chi connectivity index (χ0v) is 51.2. The molecule has 0 radical (unpaired) electrons. The Morgan fingerprint density at radius 2 is 0.449 bits per heavy atom. The molecule has 0 aliphatic carbocycles. The van der Waals surface area contributed by atoms with E-state index in [1.165, 1.54) is 0 Å². The van der Waals surface area contributed by atoms with E-state index in [0.717, 1.165) is 87.6 Å². The molecule has 98 heavy (non-hydrogen) atoms. The first-order valence-corrected chi connectivity index (χ1v) is 31.6. The molecule has 16 aromatic rings. The van der Waals surface area contributed by atoms with E-state index in [4.69, 9.17) is 69.3 Å². The molecule has 0 fully saturated rings. The van der Waals surface area contributed by atoms with E-state index in [2.05, 4.69) is 30.1 Å². The summed E-state index contributed by atoms with van der Waals surface area (Å²) in [6.07, 6.45) is 3.32. The van der Waals surface area contributed by atoms with E-state index >= 15 is 0 Å². The summed E-state index contributed by atoms with van der Waals surface area (Å²) < 4.78 is 13.4. The molecule has 20 heteroatoms. The molecule has 4 N–H and O–H groups in total. The third-order valence-electron chi connectivity index (χ3n) is 17.8. The Labute approximate surface area is 553 Å². The minimum atomic E-state index is 0.438. The van der Waals surface area contributed by atoms with E-state index in [1.54, 1.807) is 12.4 Å². The van der Waals surface area contributed by atoms with Crippen LogP contribution in [0.5, 0.6) is 23.0 Å². The average molecular weight is 1270 g/mol. The van der Waals surface area contributed by atoms with Crippen LogP contribution in [0.3, 0.4) is 0 Å². The van der Waals surface area contributed by atoms with Crippen LogP contribution in [0.2, 0.25) is 0 Å². The van der Waals surface area contributed by atoms with Crippen LogP contribution in [-0.4, -0.2) is 92.2 Å². The molecule has 16 bridgehead atoms. The molecule has 0 amide bonds. The summed E-state index contributed by atoms with van der Waals surface area (Å²) in [5, 5.41) is 16.1. The van der Waals surface area contributed by atoms with Gasteiger partial charge >= 0.3 is 0 Å². The first-order chi connectivity index (χ1) is 48.5. The molecular formula is C78H44N18O2. The maximum atomic E-state index is 6.72. The first-order valence-electron chi connectivity index (χ1n) is 31.6. The van der Waals surface area contributed by atoms with Gasteiger partial charge in [0.05, 0.1) is 12.4 Å². The molecule has 0 spiro atoms. The number of benzene rings is 10. The van der Waals surface area contributed by atoms with Gasteiger partial charge in [0.2, 0.25) is 0 Å². The highest BCUT2D eigenvalue weighted by atomic mass is 16.5. The lowest BCUT2D eigenvalue weighted by atomic mass is 10.1. The van der Waals surface area contributed by atoms with Crippen molar-refractivity contribution < 1.29 is 9.47 Å². The van der Waals surface area contributed by atoms with Gasteiger partial charge in [-0.1, -0.05) is 170 Å². The third kappa shape index (κ3) is 9.07. The summed E-state index contributed by atoms with van der Waals surface area (Å²) >= 11 is 0. The number of nitrogens with zero attached hydrogens (tertiary/aromatic N) is 14. The van der Waals surface area contributed by atoms with E-state index < -0.39 is 0 Å². The molecular weight excluding hydrogens is 1220 g/mol. The predicted octanol–water partition coefficient (Wildman–Crippen LogP) is 17.1. The highest BCUT2D eigenvalue weighted by molar-refractivity contribution is 6.09. The van der Waals surface area contributed by atoms with Gasteiger partial charge in [-0.2, -0.15) is 10.2 Å². The Morgan fingerprint density at radius 1 is 0.224 bits per heavy atom. The van der Waals surface area contributed by atoms with Crippen LogP contribution in [0.15, 0.2) is 241 Å². The average Bonchev–Trinajstić information content (AvgIpc) is 1.60. The second-order valence-electron chi connectivity index (χ2n) is 23.7. The SMILES string of the molecule is C(=N\N=C\c1ccccc1Oc1ccc2c(c1)-c1nc-2nc2[nH]c(nc3nc(nc4[nH]c(n1)c1ccccc41)-c1ccccc1-3)c1ccccc21)/c1ccccc1Oc1ccc2c(c1)-c1nc-2nc2[nH]c(nc3nc(nc4[nH]c(n1)c1ccccc41)-c1ccccc1-3)c1ccccc21. The van der Waals surface area contributed by atoms with Crippen LogP contribution < -0.4 is 9.47 Å².